The Morgan fingerprint density at radius 2 is 2.18 bits per heavy atom. The Bertz CT molecular complexity index is 389. The van der Waals surface area contributed by atoms with Crippen molar-refractivity contribution in [2.75, 3.05) is 11.9 Å². The lowest BCUT2D eigenvalue weighted by Gasteiger charge is -2.28. The molecule has 0 bridgehead atoms. The molecule has 0 unspecified atom stereocenters. The van der Waals surface area contributed by atoms with E-state index in [1.807, 2.05) is 0 Å². The maximum absolute atomic E-state index is 13.6. The molecule has 2 rings (SSSR count). The van der Waals surface area contributed by atoms with Crippen LogP contribution < -0.4 is 5.32 Å². The number of aromatic nitrogens is 1. The smallest absolute Gasteiger partial charge is 0.166 e. The highest BCUT2D eigenvalue weighted by Crippen LogP contribution is 2.40. The van der Waals surface area contributed by atoms with Gasteiger partial charge in [0.25, 0.3) is 0 Å². The van der Waals surface area contributed by atoms with E-state index in [1.54, 1.807) is 6.20 Å². The van der Waals surface area contributed by atoms with Crippen molar-refractivity contribution in [3.8, 4) is 0 Å². The van der Waals surface area contributed by atoms with Crippen LogP contribution in [0.2, 0.25) is 0 Å². The van der Waals surface area contributed by atoms with E-state index in [2.05, 4.69) is 33.2 Å². The Morgan fingerprint density at radius 1 is 1.47 bits per heavy atom. The zero-order valence-electron chi connectivity index (χ0n) is 10.1. The minimum absolute atomic E-state index is 0.288. The molecule has 4 heteroatoms. The largest absolute Gasteiger partial charge is 0.367 e. The minimum atomic E-state index is -0.288. The van der Waals surface area contributed by atoms with Gasteiger partial charge >= 0.3 is 0 Å². The van der Waals surface area contributed by atoms with E-state index in [4.69, 9.17) is 0 Å². The topological polar surface area (TPSA) is 24.9 Å². The molecule has 94 valence electrons. The van der Waals surface area contributed by atoms with Gasteiger partial charge in [0.2, 0.25) is 0 Å². The Kier molecular flexibility index (Phi) is 4.02. The van der Waals surface area contributed by atoms with Gasteiger partial charge in [0.1, 0.15) is 0 Å². The van der Waals surface area contributed by atoms with E-state index in [0.29, 0.717) is 15.7 Å². The second kappa shape index (κ2) is 5.34. The number of anilines is 1. The minimum Gasteiger partial charge on any atom is -0.367 e. The lowest BCUT2D eigenvalue weighted by molar-refractivity contribution is 0.306. The normalized spacial score (nSPS) is 18.3. The second-order valence-corrected chi connectivity index (χ2v) is 5.81. The molecule has 1 aromatic rings. The predicted molar refractivity (Wildman–Crippen MR) is 71.6 cm³/mol. The summed E-state index contributed by atoms with van der Waals surface area (Å²) < 4.78 is 14.3. The molecule has 2 nitrogen and oxygen atoms in total. The molecule has 1 N–H and O–H groups in total. The van der Waals surface area contributed by atoms with Gasteiger partial charge in [-0.2, -0.15) is 0 Å². The first kappa shape index (κ1) is 12.8. The molecular formula is C13H18BrFN2. The first-order valence-electron chi connectivity index (χ1n) is 6.20. The quantitative estimate of drug-likeness (QED) is 0.893. The molecule has 1 aliphatic carbocycles. The number of hydrogen-bond acceptors (Lipinski definition) is 2. The van der Waals surface area contributed by atoms with E-state index in [1.165, 1.54) is 31.7 Å². The number of halogens is 2. The van der Waals surface area contributed by atoms with Crippen molar-refractivity contribution < 1.29 is 4.39 Å². The summed E-state index contributed by atoms with van der Waals surface area (Å²) in [5.41, 5.74) is 0.348. The molecule has 0 aromatic carbocycles. The van der Waals surface area contributed by atoms with Crippen LogP contribution in [0.4, 0.5) is 10.2 Å². The summed E-state index contributed by atoms with van der Waals surface area (Å²) in [6.07, 6.45) is 7.86. The first-order valence-corrected chi connectivity index (χ1v) is 6.99. The molecule has 0 aliphatic heterocycles. The maximum Gasteiger partial charge on any atom is 0.166 e. The first-order chi connectivity index (χ1) is 8.15. The van der Waals surface area contributed by atoms with Crippen molar-refractivity contribution in [1.82, 2.24) is 4.98 Å². The average molecular weight is 301 g/mol. The third kappa shape index (κ3) is 2.97. The highest BCUT2D eigenvalue weighted by molar-refractivity contribution is 9.10. The van der Waals surface area contributed by atoms with Crippen LogP contribution in [0.25, 0.3) is 0 Å². The molecule has 17 heavy (non-hydrogen) atoms. The standard InChI is InChI=1S/C13H18BrFN2/c1-2-13(5-3-4-6-13)9-17-12-11(15)7-10(14)8-16-12/h7-8H,2-6,9H2,1H3,(H,16,17). The van der Waals surface area contributed by atoms with Crippen LogP contribution in [0, 0.1) is 11.2 Å². The average Bonchev–Trinajstić information content (AvgIpc) is 2.77. The highest BCUT2D eigenvalue weighted by atomic mass is 79.9. The van der Waals surface area contributed by atoms with E-state index in [9.17, 15) is 4.39 Å². The predicted octanol–water partition coefficient (Wildman–Crippen LogP) is 4.37. The van der Waals surface area contributed by atoms with Gasteiger partial charge in [-0.1, -0.05) is 19.8 Å². The third-order valence-corrected chi connectivity index (χ3v) is 4.29. The summed E-state index contributed by atoms with van der Waals surface area (Å²) in [7, 11) is 0. The maximum atomic E-state index is 13.6. The van der Waals surface area contributed by atoms with Gasteiger partial charge in [0.15, 0.2) is 11.6 Å². The number of nitrogens with one attached hydrogen (secondary N) is 1. The van der Waals surface area contributed by atoms with Crippen molar-refractivity contribution in [3.63, 3.8) is 0 Å². The molecule has 0 spiro atoms. The van der Waals surface area contributed by atoms with Crippen LogP contribution in [0.5, 0.6) is 0 Å². The van der Waals surface area contributed by atoms with E-state index >= 15 is 0 Å². The molecule has 1 fully saturated rings. The van der Waals surface area contributed by atoms with E-state index in [0.717, 1.165) is 13.0 Å². The monoisotopic (exact) mass is 300 g/mol. The van der Waals surface area contributed by atoms with Crippen molar-refractivity contribution in [2.24, 2.45) is 5.41 Å². The van der Waals surface area contributed by atoms with Gasteiger partial charge in [-0.15, -0.1) is 0 Å². The summed E-state index contributed by atoms with van der Waals surface area (Å²) in [5.74, 6) is 0.0801. The summed E-state index contributed by atoms with van der Waals surface area (Å²) in [6.45, 7) is 3.05. The van der Waals surface area contributed by atoms with Crippen molar-refractivity contribution in [3.05, 3.63) is 22.6 Å². The van der Waals surface area contributed by atoms with Crippen LogP contribution in [-0.2, 0) is 0 Å². The van der Waals surface area contributed by atoms with Gasteiger partial charge in [-0.25, -0.2) is 9.37 Å². The van der Waals surface area contributed by atoms with Gasteiger partial charge in [-0.05, 0) is 46.7 Å². The number of rotatable bonds is 4. The fraction of sp³-hybridized carbons (Fsp3) is 0.615. The zero-order chi connectivity index (χ0) is 12.3. The molecule has 1 saturated carbocycles. The lowest BCUT2D eigenvalue weighted by Crippen LogP contribution is -2.26. The summed E-state index contributed by atoms with van der Waals surface area (Å²) in [5, 5.41) is 3.17. The summed E-state index contributed by atoms with van der Waals surface area (Å²) in [4.78, 5) is 4.07. The molecule has 1 heterocycles. The van der Waals surface area contributed by atoms with Crippen LogP contribution >= 0.6 is 15.9 Å². The lowest BCUT2D eigenvalue weighted by atomic mass is 9.83. The summed E-state index contributed by atoms with van der Waals surface area (Å²) >= 11 is 3.21. The van der Waals surface area contributed by atoms with Crippen molar-refractivity contribution in [2.45, 2.75) is 39.0 Å². The van der Waals surface area contributed by atoms with Crippen LogP contribution in [-0.4, -0.2) is 11.5 Å². The van der Waals surface area contributed by atoms with E-state index in [-0.39, 0.29) is 5.82 Å². The van der Waals surface area contributed by atoms with Crippen molar-refractivity contribution in [1.29, 1.82) is 0 Å². The fourth-order valence-electron chi connectivity index (χ4n) is 2.60. The number of hydrogen-bond donors (Lipinski definition) is 1. The molecular weight excluding hydrogens is 283 g/mol. The molecule has 0 saturated heterocycles. The molecule has 1 aromatic heterocycles. The highest BCUT2D eigenvalue weighted by Gasteiger charge is 2.31. The Balaban J connectivity index is 2.01. The van der Waals surface area contributed by atoms with Crippen LogP contribution in [0.15, 0.2) is 16.7 Å². The molecule has 1 aliphatic rings. The van der Waals surface area contributed by atoms with Crippen LogP contribution in [0.3, 0.4) is 0 Å². The van der Waals surface area contributed by atoms with Gasteiger partial charge in [-0.3, -0.25) is 0 Å². The van der Waals surface area contributed by atoms with Gasteiger partial charge < -0.3 is 5.32 Å². The van der Waals surface area contributed by atoms with Crippen molar-refractivity contribution >= 4 is 21.7 Å². The molecule has 0 radical (unpaired) electrons. The fourth-order valence-corrected chi connectivity index (χ4v) is 2.90. The molecule has 0 atom stereocenters. The number of nitrogens with zero attached hydrogens (tertiary/aromatic N) is 1. The van der Waals surface area contributed by atoms with Gasteiger partial charge in [0, 0.05) is 17.2 Å². The Morgan fingerprint density at radius 3 is 2.76 bits per heavy atom. The third-order valence-electron chi connectivity index (χ3n) is 3.85. The Hall–Kier alpha value is -0.640. The summed E-state index contributed by atoms with van der Waals surface area (Å²) in [6, 6.07) is 1.45. The second-order valence-electron chi connectivity index (χ2n) is 4.90. The zero-order valence-corrected chi connectivity index (χ0v) is 11.7. The van der Waals surface area contributed by atoms with E-state index < -0.39 is 0 Å². The number of pyridine rings is 1. The SMILES string of the molecule is CCC1(CNc2ncc(Br)cc2F)CCCC1. The van der Waals surface area contributed by atoms with Gasteiger partial charge in [0.05, 0.1) is 0 Å². The Labute approximate surface area is 110 Å². The molecule has 0 amide bonds. The van der Waals surface area contributed by atoms with Crippen LogP contribution in [0.1, 0.15) is 39.0 Å².